The van der Waals surface area contributed by atoms with Gasteiger partial charge in [0.05, 0.1) is 6.61 Å². The van der Waals surface area contributed by atoms with Gasteiger partial charge < -0.3 is 9.64 Å². The van der Waals surface area contributed by atoms with E-state index >= 15 is 0 Å². The number of rotatable bonds is 3. The minimum atomic E-state index is -0.104. The maximum Gasteiger partial charge on any atom is 0.328 e. The number of anilines is 1. The molecule has 1 aliphatic rings. The van der Waals surface area contributed by atoms with Crippen molar-refractivity contribution in [3.8, 4) is 0 Å². The van der Waals surface area contributed by atoms with E-state index in [2.05, 4.69) is 4.90 Å². The molecule has 0 saturated carbocycles. The normalized spacial score (nSPS) is 19.5. The number of esters is 1. The van der Waals surface area contributed by atoms with Crippen LogP contribution >= 0.6 is 0 Å². The minimum Gasteiger partial charge on any atom is -0.464 e. The molecule has 1 aliphatic heterocycles. The number of hydrogen-bond donors (Lipinski definition) is 0. The summed E-state index contributed by atoms with van der Waals surface area (Å²) < 4.78 is 5.02. The van der Waals surface area contributed by atoms with Crippen molar-refractivity contribution in [1.29, 1.82) is 0 Å². The van der Waals surface area contributed by atoms with Gasteiger partial charge in [-0.25, -0.2) is 4.79 Å². The molecule has 1 fully saturated rings. The highest BCUT2D eigenvalue weighted by Gasteiger charge is 2.35. The van der Waals surface area contributed by atoms with Crippen molar-refractivity contribution in [3.05, 3.63) is 30.3 Å². The van der Waals surface area contributed by atoms with Gasteiger partial charge in [-0.05, 0) is 25.5 Å². The first kappa shape index (κ1) is 10.0. The predicted molar refractivity (Wildman–Crippen MR) is 58.8 cm³/mol. The van der Waals surface area contributed by atoms with Crippen LogP contribution in [0.15, 0.2) is 30.3 Å². The summed E-state index contributed by atoms with van der Waals surface area (Å²) in [7, 11) is 0. The first-order chi connectivity index (χ1) is 7.33. The van der Waals surface area contributed by atoms with Crippen molar-refractivity contribution in [3.63, 3.8) is 0 Å². The van der Waals surface area contributed by atoms with Crippen LogP contribution in [-0.2, 0) is 9.53 Å². The highest BCUT2D eigenvalue weighted by Crippen LogP contribution is 2.26. The molecule has 1 unspecified atom stereocenters. The summed E-state index contributed by atoms with van der Waals surface area (Å²) in [5.74, 6) is -0.104. The van der Waals surface area contributed by atoms with Gasteiger partial charge in [0.1, 0.15) is 6.04 Å². The van der Waals surface area contributed by atoms with Crippen molar-refractivity contribution in [2.24, 2.45) is 0 Å². The van der Waals surface area contributed by atoms with E-state index in [1.165, 1.54) is 0 Å². The molecule has 0 radical (unpaired) electrons. The number of ether oxygens (including phenoxy) is 1. The highest BCUT2D eigenvalue weighted by atomic mass is 16.5. The largest absolute Gasteiger partial charge is 0.464 e. The maximum absolute atomic E-state index is 11.5. The zero-order valence-electron chi connectivity index (χ0n) is 8.85. The summed E-state index contributed by atoms with van der Waals surface area (Å²) in [6, 6.07) is 9.90. The van der Waals surface area contributed by atoms with E-state index in [4.69, 9.17) is 4.74 Å². The molecule has 3 heteroatoms. The molecule has 0 N–H and O–H groups in total. The lowest BCUT2D eigenvalue weighted by molar-refractivity contribution is -0.146. The van der Waals surface area contributed by atoms with Gasteiger partial charge in [0.25, 0.3) is 0 Å². The zero-order valence-corrected chi connectivity index (χ0v) is 8.85. The Morgan fingerprint density at radius 2 is 2.20 bits per heavy atom. The molecular formula is C12H15NO2. The Morgan fingerprint density at radius 1 is 1.47 bits per heavy atom. The van der Waals surface area contributed by atoms with Gasteiger partial charge in [-0.1, -0.05) is 18.2 Å². The van der Waals surface area contributed by atoms with Crippen LogP contribution in [0.3, 0.4) is 0 Å². The lowest BCUT2D eigenvalue weighted by Crippen LogP contribution is -2.53. The van der Waals surface area contributed by atoms with E-state index in [9.17, 15) is 4.79 Å². The Morgan fingerprint density at radius 3 is 2.73 bits per heavy atom. The van der Waals surface area contributed by atoms with Crippen LogP contribution in [0, 0.1) is 0 Å². The third-order valence-corrected chi connectivity index (χ3v) is 2.67. The van der Waals surface area contributed by atoms with Gasteiger partial charge in [-0.15, -0.1) is 0 Å². The fourth-order valence-corrected chi connectivity index (χ4v) is 1.80. The number of hydrogen-bond acceptors (Lipinski definition) is 3. The molecule has 15 heavy (non-hydrogen) atoms. The predicted octanol–water partition coefficient (Wildman–Crippen LogP) is 1.83. The molecular weight excluding hydrogens is 190 g/mol. The third-order valence-electron chi connectivity index (χ3n) is 2.67. The average Bonchev–Trinajstić information content (AvgIpc) is 2.18. The summed E-state index contributed by atoms with van der Waals surface area (Å²) in [6.45, 7) is 3.23. The summed E-state index contributed by atoms with van der Waals surface area (Å²) >= 11 is 0. The van der Waals surface area contributed by atoms with Gasteiger partial charge in [0, 0.05) is 12.2 Å². The van der Waals surface area contributed by atoms with Gasteiger partial charge >= 0.3 is 5.97 Å². The van der Waals surface area contributed by atoms with E-state index in [0.29, 0.717) is 6.61 Å². The molecule has 3 nitrogen and oxygen atoms in total. The molecule has 0 bridgehead atoms. The van der Waals surface area contributed by atoms with Crippen LogP contribution < -0.4 is 4.90 Å². The standard InChI is InChI=1S/C12H15NO2/c1-2-15-12(14)11-8-9-13(11)10-6-4-3-5-7-10/h3-7,11H,2,8-9H2,1H3. The van der Waals surface area contributed by atoms with E-state index in [1.54, 1.807) is 0 Å². The molecule has 0 amide bonds. The molecule has 0 spiro atoms. The molecule has 80 valence electrons. The van der Waals surface area contributed by atoms with Gasteiger partial charge in [0.15, 0.2) is 0 Å². The molecule has 0 aliphatic carbocycles. The number of para-hydroxylation sites is 1. The first-order valence-corrected chi connectivity index (χ1v) is 5.31. The van der Waals surface area contributed by atoms with Crippen molar-refractivity contribution in [2.75, 3.05) is 18.1 Å². The second-order valence-electron chi connectivity index (χ2n) is 3.59. The lowest BCUT2D eigenvalue weighted by Gasteiger charge is -2.40. The second kappa shape index (κ2) is 4.34. The van der Waals surface area contributed by atoms with Crippen LogP contribution in [0.5, 0.6) is 0 Å². The van der Waals surface area contributed by atoms with Crippen LogP contribution in [0.1, 0.15) is 13.3 Å². The Bertz CT molecular complexity index is 337. The average molecular weight is 205 g/mol. The number of carbonyl (C=O) groups is 1. The van der Waals surface area contributed by atoms with Gasteiger partial charge in [-0.3, -0.25) is 0 Å². The smallest absolute Gasteiger partial charge is 0.328 e. The van der Waals surface area contributed by atoms with Crippen LogP contribution in [0.4, 0.5) is 5.69 Å². The first-order valence-electron chi connectivity index (χ1n) is 5.31. The maximum atomic E-state index is 11.5. The van der Waals surface area contributed by atoms with E-state index < -0.39 is 0 Å². The Hall–Kier alpha value is -1.51. The monoisotopic (exact) mass is 205 g/mol. The van der Waals surface area contributed by atoms with Crippen LogP contribution in [-0.4, -0.2) is 25.2 Å². The Kier molecular flexibility index (Phi) is 2.90. The molecule has 1 aromatic carbocycles. The van der Waals surface area contributed by atoms with Crippen molar-refractivity contribution in [2.45, 2.75) is 19.4 Å². The SMILES string of the molecule is CCOC(=O)C1CCN1c1ccccc1. The van der Waals surface area contributed by atoms with Crippen molar-refractivity contribution in [1.82, 2.24) is 0 Å². The lowest BCUT2D eigenvalue weighted by atomic mass is 10.0. The van der Waals surface area contributed by atoms with Crippen molar-refractivity contribution < 1.29 is 9.53 Å². The van der Waals surface area contributed by atoms with Gasteiger partial charge in [-0.2, -0.15) is 0 Å². The Labute approximate surface area is 89.7 Å². The molecule has 1 saturated heterocycles. The van der Waals surface area contributed by atoms with E-state index in [-0.39, 0.29) is 12.0 Å². The van der Waals surface area contributed by atoms with E-state index in [1.807, 2.05) is 37.3 Å². The highest BCUT2D eigenvalue weighted by molar-refractivity contribution is 5.82. The topological polar surface area (TPSA) is 29.5 Å². The zero-order chi connectivity index (χ0) is 10.7. The summed E-state index contributed by atoms with van der Waals surface area (Å²) in [5.41, 5.74) is 1.10. The fourth-order valence-electron chi connectivity index (χ4n) is 1.80. The Balaban J connectivity index is 2.03. The van der Waals surface area contributed by atoms with E-state index in [0.717, 1.165) is 18.7 Å². The molecule has 2 rings (SSSR count). The molecule has 1 heterocycles. The quantitative estimate of drug-likeness (QED) is 0.705. The number of benzene rings is 1. The van der Waals surface area contributed by atoms with Crippen molar-refractivity contribution >= 4 is 11.7 Å². The third kappa shape index (κ3) is 1.96. The fraction of sp³-hybridized carbons (Fsp3) is 0.417. The molecule has 1 atom stereocenters. The van der Waals surface area contributed by atoms with Crippen LogP contribution in [0.25, 0.3) is 0 Å². The minimum absolute atomic E-state index is 0.0765. The second-order valence-corrected chi connectivity index (χ2v) is 3.59. The summed E-state index contributed by atoms with van der Waals surface area (Å²) in [6.07, 6.45) is 0.897. The number of nitrogens with zero attached hydrogens (tertiary/aromatic N) is 1. The molecule has 0 aromatic heterocycles. The summed E-state index contributed by atoms with van der Waals surface area (Å²) in [4.78, 5) is 13.6. The number of carbonyl (C=O) groups excluding carboxylic acids is 1. The summed E-state index contributed by atoms with van der Waals surface area (Å²) in [5, 5.41) is 0. The molecule has 1 aromatic rings. The van der Waals surface area contributed by atoms with Crippen LogP contribution in [0.2, 0.25) is 0 Å². The van der Waals surface area contributed by atoms with Gasteiger partial charge in [0.2, 0.25) is 0 Å².